The van der Waals surface area contributed by atoms with E-state index in [1.807, 2.05) is 6.92 Å². The average Bonchev–Trinajstić information content (AvgIpc) is 2.65. The first kappa shape index (κ1) is 10.4. The number of H-pyrrole nitrogens is 1. The molecular weight excluding hydrogens is 206 g/mol. The van der Waals surface area contributed by atoms with Crippen LogP contribution in [0, 0.1) is 6.92 Å². The van der Waals surface area contributed by atoms with E-state index in [9.17, 15) is 4.79 Å². The number of aromatic nitrogens is 3. The largest absolute Gasteiger partial charge is 0.436 e. The molecule has 2 heterocycles. The second-order valence-electron chi connectivity index (χ2n) is 3.43. The number of hydrogen-bond acceptors (Lipinski definition) is 4. The maximum atomic E-state index is 11.0. The molecule has 0 amide bonds. The van der Waals surface area contributed by atoms with Crippen molar-refractivity contribution in [3.05, 3.63) is 35.8 Å². The number of hydrogen-bond donors (Lipinski definition) is 1. The van der Waals surface area contributed by atoms with Crippen LogP contribution in [0.25, 0.3) is 0 Å². The minimum absolute atomic E-state index is 0.0674. The third-order valence-corrected chi connectivity index (χ3v) is 2.00. The summed E-state index contributed by atoms with van der Waals surface area (Å²) in [6, 6.07) is 5.09. The maximum absolute atomic E-state index is 11.0. The second kappa shape index (κ2) is 4.14. The summed E-state index contributed by atoms with van der Waals surface area (Å²) in [4.78, 5) is 15.0. The first-order valence-corrected chi connectivity index (χ1v) is 4.82. The molecule has 0 aliphatic heterocycles. The zero-order chi connectivity index (χ0) is 11.5. The number of pyridine rings is 1. The summed E-state index contributed by atoms with van der Waals surface area (Å²) < 4.78 is 5.42. The third-order valence-electron chi connectivity index (χ3n) is 2.00. The maximum Gasteiger partial charge on any atom is 0.238 e. The van der Waals surface area contributed by atoms with Crippen LogP contribution in [0.3, 0.4) is 0 Å². The topological polar surface area (TPSA) is 67.9 Å². The van der Waals surface area contributed by atoms with Crippen LogP contribution in [0.1, 0.15) is 23.1 Å². The van der Waals surface area contributed by atoms with Gasteiger partial charge in [0.25, 0.3) is 0 Å². The Morgan fingerprint density at radius 3 is 2.75 bits per heavy atom. The number of rotatable bonds is 3. The molecule has 82 valence electrons. The highest BCUT2D eigenvalue weighted by Gasteiger charge is 2.03. The molecule has 5 nitrogen and oxygen atoms in total. The highest BCUT2D eigenvalue weighted by Crippen LogP contribution is 2.18. The van der Waals surface area contributed by atoms with Gasteiger partial charge in [0.05, 0.1) is 6.20 Å². The van der Waals surface area contributed by atoms with Crippen molar-refractivity contribution in [2.45, 2.75) is 13.8 Å². The summed E-state index contributed by atoms with van der Waals surface area (Å²) in [5, 5.41) is 6.70. The van der Waals surface area contributed by atoms with Crippen LogP contribution in [-0.2, 0) is 0 Å². The van der Waals surface area contributed by atoms with Gasteiger partial charge in [-0.15, -0.1) is 5.10 Å². The van der Waals surface area contributed by atoms with Gasteiger partial charge in [-0.05, 0) is 19.1 Å². The Balaban J connectivity index is 2.14. The van der Waals surface area contributed by atoms with E-state index in [1.165, 1.54) is 13.1 Å². The summed E-state index contributed by atoms with van der Waals surface area (Å²) in [6.07, 6.45) is 1.50. The smallest absolute Gasteiger partial charge is 0.238 e. The molecule has 0 radical (unpaired) electrons. The number of aromatic amines is 1. The second-order valence-corrected chi connectivity index (χ2v) is 3.43. The van der Waals surface area contributed by atoms with E-state index in [4.69, 9.17) is 4.74 Å². The lowest BCUT2D eigenvalue weighted by Gasteiger charge is -2.01. The van der Waals surface area contributed by atoms with Gasteiger partial charge < -0.3 is 4.74 Å². The zero-order valence-corrected chi connectivity index (χ0v) is 9.02. The van der Waals surface area contributed by atoms with Crippen LogP contribution in [0.15, 0.2) is 24.4 Å². The Labute approximate surface area is 92.5 Å². The van der Waals surface area contributed by atoms with Gasteiger partial charge in [-0.3, -0.25) is 9.89 Å². The standard InChI is InChI=1S/C11H11N3O2/c1-7-5-11(14-13-7)16-9-3-4-10(8(2)15)12-6-9/h3-6H,1-2H3,(H,13,14). The van der Waals surface area contributed by atoms with Crippen LogP contribution < -0.4 is 4.74 Å². The molecule has 2 rings (SSSR count). The van der Waals surface area contributed by atoms with Crippen LogP contribution in [-0.4, -0.2) is 21.0 Å². The van der Waals surface area contributed by atoms with E-state index in [1.54, 1.807) is 18.2 Å². The third kappa shape index (κ3) is 2.25. The highest BCUT2D eigenvalue weighted by molar-refractivity contribution is 5.92. The fourth-order valence-electron chi connectivity index (χ4n) is 1.21. The molecule has 0 unspecified atom stereocenters. The van der Waals surface area contributed by atoms with E-state index in [0.29, 0.717) is 17.3 Å². The Hall–Kier alpha value is -2.17. The Morgan fingerprint density at radius 1 is 1.44 bits per heavy atom. The first-order valence-electron chi connectivity index (χ1n) is 4.82. The van der Waals surface area contributed by atoms with Gasteiger partial charge in [0.2, 0.25) is 5.88 Å². The molecular formula is C11H11N3O2. The zero-order valence-electron chi connectivity index (χ0n) is 9.02. The molecule has 1 N–H and O–H groups in total. The molecule has 0 aliphatic rings. The number of carbonyl (C=O) groups is 1. The lowest BCUT2D eigenvalue weighted by atomic mass is 10.3. The van der Waals surface area contributed by atoms with Crippen molar-refractivity contribution in [1.29, 1.82) is 0 Å². The molecule has 0 bridgehead atoms. The van der Waals surface area contributed by atoms with Crippen LogP contribution in [0.2, 0.25) is 0 Å². The average molecular weight is 217 g/mol. The summed E-state index contributed by atoms with van der Waals surface area (Å²) in [7, 11) is 0. The molecule has 0 spiro atoms. The van der Waals surface area contributed by atoms with E-state index in [2.05, 4.69) is 15.2 Å². The summed E-state index contributed by atoms with van der Waals surface area (Å²) in [5.74, 6) is 0.966. The van der Waals surface area contributed by atoms with Crippen molar-refractivity contribution in [1.82, 2.24) is 15.2 Å². The van der Waals surface area contributed by atoms with Crippen molar-refractivity contribution < 1.29 is 9.53 Å². The van der Waals surface area contributed by atoms with E-state index < -0.39 is 0 Å². The Morgan fingerprint density at radius 2 is 2.25 bits per heavy atom. The Bertz CT molecular complexity index is 502. The molecule has 5 heteroatoms. The van der Waals surface area contributed by atoms with Gasteiger partial charge in [0.15, 0.2) is 5.78 Å². The minimum atomic E-state index is -0.0674. The highest BCUT2D eigenvalue weighted by atomic mass is 16.5. The van der Waals surface area contributed by atoms with Crippen LogP contribution >= 0.6 is 0 Å². The molecule has 16 heavy (non-hydrogen) atoms. The predicted octanol–water partition coefficient (Wildman–Crippen LogP) is 2.11. The normalized spacial score (nSPS) is 10.1. The summed E-state index contributed by atoms with van der Waals surface area (Å²) in [5.41, 5.74) is 1.34. The van der Waals surface area contributed by atoms with E-state index in [-0.39, 0.29) is 5.78 Å². The van der Waals surface area contributed by atoms with Gasteiger partial charge in [-0.25, -0.2) is 4.98 Å². The van der Waals surface area contributed by atoms with Crippen molar-refractivity contribution >= 4 is 5.78 Å². The minimum Gasteiger partial charge on any atom is -0.436 e. The van der Waals surface area contributed by atoms with Crippen molar-refractivity contribution in [3.63, 3.8) is 0 Å². The van der Waals surface area contributed by atoms with E-state index >= 15 is 0 Å². The van der Waals surface area contributed by atoms with Crippen molar-refractivity contribution in [2.75, 3.05) is 0 Å². The number of nitrogens with zero attached hydrogens (tertiary/aromatic N) is 2. The first-order chi connectivity index (χ1) is 7.65. The number of ketones is 1. The number of nitrogens with one attached hydrogen (secondary N) is 1. The molecule has 0 aliphatic carbocycles. The van der Waals surface area contributed by atoms with Gasteiger partial charge in [-0.2, -0.15) is 0 Å². The molecule has 0 saturated heterocycles. The molecule has 0 fully saturated rings. The molecule has 2 aromatic rings. The molecule has 0 atom stereocenters. The van der Waals surface area contributed by atoms with Crippen LogP contribution in [0.5, 0.6) is 11.6 Å². The van der Waals surface area contributed by atoms with Crippen molar-refractivity contribution in [3.8, 4) is 11.6 Å². The Kier molecular flexibility index (Phi) is 2.68. The number of ether oxygens (including phenoxy) is 1. The lowest BCUT2D eigenvalue weighted by Crippen LogP contribution is -1.96. The SMILES string of the molecule is CC(=O)c1ccc(Oc2cc(C)[nH]n2)cn1. The monoisotopic (exact) mass is 217 g/mol. The quantitative estimate of drug-likeness (QED) is 0.799. The number of Topliss-reactive ketones (excluding diaryl/α,β-unsaturated/α-hetero) is 1. The van der Waals surface area contributed by atoms with Crippen LogP contribution in [0.4, 0.5) is 0 Å². The summed E-state index contributed by atoms with van der Waals surface area (Å²) >= 11 is 0. The predicted molar refractivity (Wildman–Crippen MR) is 57.6 cm³/mol. The van der Waals surface area contributed by atoms with Gasteiger partial charge >= 0.3 is 0 Å². The van der Waals surface area contributed by atoms with Gasteiger partial charge in [-0.1, -0.05) is 0 Å². The van der Waals surface area contributed by atoms with E-state index in [0.717, 1.165) is 5.69 Å². The van der Waals surface area contributed by atoms with Gasteiger partial charge in [0.1, 0.15) is 11.4 Å². The number of carbonyl (C=O) groups excluding carboxylic acids is 1. The summed E-state index contributed by atoms with van der Waals surface area (Å²) in [6.45, 7) is 3.36. The number of aryl methyl sites for hydroxylation is 1. The van der Waals surface area contributed by atoms with Crippen molar-refractivity contribution in [2.24, 2.45) is 0 Å². The fraction of sp³-hybridized carbons (Fsp3) is 0.182. The fourth-order valence-corrected chi connectivity index (χ4v) is 1.21. The molecule has 0 saturated carbocycles. The van der Waals surface area contributed by atoms with Gasteiger partial charge in [0, 0.05) is 18.7 Å². The molecule has 0 aromatic carbocycles. The molecule has 2 aromatic heterocycles. The lowest BCUT2D eigenvalue weighted by molar-refractivity contribution is 0.101.